The molecule has 0 aliphatic carbocycles. The van der Waals surface area contributed by atoms with Crippen LogP contribution in [0.1, 0.15) is 12.0 Å². The lowest BCUT2D eigenvalue weighted by atomic mass is 10.1. The standard InChI is InChI=1S/C15H25N3OS/c1-16-15(18-10-11-20-3)17-9-5-7-13-6-4-8-14(12-13)19-2/h4,6,8,12H,5,7,9-11H2,1-3H3,(H2,16,17,18). The van der Waals surface area contributed by atoms with Crippen molar-refractivity contribution < 1.29 is 4.74 Å². The molecular weight excluding hydrogens is 270 g/mol. The Morgan fingerprint density at radius 3 is 2.80 bits per heavy atom. The van der Waals surface area contributed by atoms with Gasteiger partial charge in [0.2, 0.25) is 0 Å². The van der Waals surface area contributed by atoms with Crippen LogP contribution in [-0.2, 0) is 6.42 Å². The van der Waals surface area contributed by atoms with E-state index in [1.54, 1.807) is 14.2 Å². The van der Waals surface area contributed by atoms with Gasteiger partial charge in [0, 0.05) is 25.9 Å². The summed E-state index contributed by atoms with van der Waals surface area (Å²) in [5, 5.41) is 6.61. The molecule has 1 rings (SSSR count). The van der Waals surface area contributed by atoms with Crippen LogP contribution in [0.5, 0.6) is 5.75 Å². The lowest BCUT2D eigenvalue weighted by Crippen LogP contribution is -2.38. The molecule has 0 aliphatic rings. The Morgan fingerprint density at radius 2 is 2.10 bits per heavy atom. The molecule has 1 aromatic rings. The first-order valence-electron chi connectivity index (χ1n) is 6.86. The van der Waals surface area contributed by atoms with E-state index in [0.29, 0.717) is 0 Å². The highest BCUT2D eigenvalue weighted by atomic mass is 32.2. The van der Waals surface area contributed by atoms with Crippen molar-refractivity contribution in [1.82, 2.24) is 10.6 Å². The van der Waals surface area contributed by atoms with Crippen molar-refractivity contribution in [2.75, 3.05) is 39.3 Å². The van der Waals surface area contributed by atoms with E-state index < -0.39 is 0 Å². The highest BCUT2D eigenvalue weighted by molar-refractivity contribution is 7.98. The zero-order valence-corrected chi connectivity index (χ0v) is 13.4. The second-order valence-corrected chi connectivity index (χ2v) is 5.36. The molecule has 2 N–H and O–H groups in total. The fourth-order valence-electron chi connectivity index (χ4n) is 1.82. The number of hydrogen-bond donors (Lipinski definition) is 2. The van der Waals surface area contributed by atoms with Crippen molar-refractivity contribution in [2.45, 2.75) is 12.8 Å². The summed E-state index contributed by atoms with van der Waals surface area (Å²) in [4.78, 5) is 4.20. The Morgan fingerprint density at radius 1 is 1.30 bits per heavy atom. The summed E-state index contributed by atoms with van der Waals surface area (Å²) < 4.78 is 5.22. The minimum Gasteiger partial charge on any atom is -0.497 e. The molecule has 0 saturated carbocycles. The lowest BCUT2D eigenvalue weighted by Gasteiger charge is -2.11. The summed E-state index contributed by atoms with van der Waals surface area (Å²) >= 11 is 1.83. The zero-order chi connectivity index (χ0) is 14.6. The normalized spacial score (nSPS) is 11.2. The second-order valence-electron chi connectivity index (χ2n) is 4.37. The minimum absolute atomic E-state index is 0.879. The minimum atomic E-state index is 0.879. The number of aryl methyl sites for hydroxylation is 1. The predicted octanol–water partition coefficient (Wildman–Crippen LogP) is 2.16. The number of guanidine groups is 1. The number of thioether (sulfide) groups is 1. The third-order valence-electron chi connectivity index (χ3n) is 2.89. The lowest BCUT2D eigenvalue weighted by molar-refractivity contribution is 0.414. The van der Waals surface area contributed by atoms with Crippen LogP contribution in [0.15, 0.2) is 29.3 Å². The Hall–Kier alpha value is -1.36. The maximum Gasteiger partial charge on any atom is 0.191 e. The molecular formula is C15H25N3OS. The Bertz CT molecular complexity index is 410. The first-order valence-corrected chi connectivity index (χ1v) is 8.26. The Balaban J connectivity index is 2.22. The molecule has 0 aliphatic heterocycles. The van der Waals surface area contributed by atoms with Crippen LogP contribution in [0.25, 0.3) is 0 Å². The van der Waals surface area contributed by atoms with Gasteiger partial charge in [0.15, 0.2) is 5.96 Å². The number of nitrogens with one attached hydrogen (secondary N) is 2. The number of rotatable bonds is 8. The molecule has 0 fully saturated rings. The number of aliphatic imine (C=N–C) groups is 1. The van der Waals surface area contributed by atoms with Crippen molar-refractivity contribution in [2.24, 2.45) is 4.99 Å². The number of nitrogens with zero attached hydrogens (tertiary/aromatic N) is 1. The summed E-state index contributed by atoms with van der Waals surface area (Å²) in [5.74, 6) is 2.89. The van der Waals surface area contributed by atoms with Gasteiger partial charge in [-0.2, -0.15) is 11.8 Å². The van der Waals surface area contributed by atoms with Gasteiger partial charge in [0.25, 0.3) is 0 Å². The van der Waals surface area contributed by atoms with Crippen LogP contribution in [0.3, 0.4) is 0 Å². The van der Waals surface area contributed by atoms with Crippen LogP contribution in [0, 0.1) is 0 Å². The number of ether oxygens (including phenoxy) is 1. The number of methoxy groups -OCH3 is 1. The predicted molar refractivity (Wildman–Crippen MR) is 89.1 cm³/mol. The average Bonchev–Trinajstić information content (AvgIpc) is 2.50. The van der Waals surface area contributed by atoms with Gasteiger partial charge >= 0.3 is 0 Å². The van der Waals surface area contributed by atoms with Crippen molar-refractivity contribution >= 4 is 17.7 Å². The molecule has 20 heavy (non-hydrogen) atoms. The average molecular weight is 295 g/mol. The summed E-state index contributed by atoms with van der Waals surface area (Å²) in [7, 11) is 3.50. The Labute approximate surface area is 126 Å². The molecule has 112 valence electrons. The third-order valence-corrected chi connectivity index (χ3v) is 3.50. The smallest absolute Gasteiger partial charge is 0.191 e. The Kier molecular flexibility index (Phi) is 8.71. The van der Waals surface area contributed by atoms with Gasteiger partial charge < -0.3 is 15.4 Å². The fraction of sp³-hybridized carbons (Fsp3) is 0.533. The van der Waals surface area contributed by atoms with E-state index in [0.717, 1.165) is 43.4 Å². The van der Waals surface area contributed by atoms with Gasteiger partial charge in [0.05, 0.1) is 7.11 Å². The van der Waals surface area contributed by atoms with Crippen LogP contribution in [0.4, 0.5) is 0 Å². The summed E-state index contributed by atoms with van der Waals surface area (Å²) in [6, 6.07) is 8.23. The van der Waals surface area contributed by atoms with E-state index in [1.165, 1.54) is 5.56 Å². The molecule has 0 unspecified atom stereocenters. The number of hydrogen-bond acceptors (Lipinski definition) is 3. The molecule has 0 atom stereocenters. The van der Waals surface area contributed by atoms with E-state index in [1.807, 2.05) is 23.9 Å². The maximum absolute atomic E-state index is 5.22. The van der Waals surface area contributed by atoms with Gasteiger partial charge in [-0.1, -0.05) is 12.1 Å². The topological polar surface area (TPSA) is 45.7 Å². The van der Waals surface area contributed by atoms with Crippen LogP contribution in [-0.4, -0.2) is 45.2 Å². The van der Waals surface area contributed by atoms with Crippen LogP contribution >= 0.6 is 11.8 Å². The number of benzene rings is 1. The first-order chi connectivity index (χ1) is 9.80. The maximum atomic E-state index is 5.22. The largest absolute Gasteiger partial charge is 0.497 e. The zero-order valence-electron chi connectivity index (χ0n) is 12.6. The second kappa shape index (κ2) is 10.4. The van der Waals surface area contributed by atoms with Gasteiger partial charge in [-0.3, -0.25) is 4.99 Å². The first kappa shape index (κ1) is 16.7. The molecule has 0 saturated heterocycles. The van der Waals surface area contributed by atoms with Crippen molar-refractivity contribution in [3.05, 3.63) is 29.8 Å². The van der Waals surface area contributed by atoms with E-state index >= 15 is 0 Å². The van der Waals surface area contributed by atoms with Crippen molar-refractivity contribution in [3.8, 4) is 5.75 Å². The SMILES string of the molecule is CN=C(NCCCc1cccc(OC)c1)NCCSC. The molecule has 0 bridgehead atoms. The van der Waals surface area contributed by atoms with Gasteiger partial charge in [-0.05, 0) is 36.8 Å². The molecule has 0 heterocycles. The van der Waals surface area contributed by atoms with E-state index in [9.17, 15) is 0 Å². The van der Waals surface area contributed by atoms with Crippen LogP contribution in [0.2, 0.25) is 0 Å². The van der Waals surface area contributed by atoms with Gasteiger partial charge in [-0.15, -0.1) is 0 Å². The fourth-order valence-corrected chi connectivity index (χ4v) is 2.13. The molecule has 5 heteroatoms. The molecule has 0 radical (unpaired) electrons. The quantitative estimate of drug-likeness (QED) is 0.438. The summed E-state index contributed by atoms with van der Waals surface area (Å²) in [6.45, 7) is 1.85. The van der Waals surface area contributed by atoms with E-state index in [-0.39, 0.29) is 0 Å². The monoisotopic (exact) mass is 295 g/mol. The highest BCUT2D eigenvalue weighted by Gasteiger charge is 1.98. The molecule has 0 aromatic heterocycles. The molecule has 4 nitrogen and oxygen atoms in total. The van der Waals surface area contributed by atoms with E-state index in [2.05, 4.69) is 34.0 Å². The van der Waals surface area contributed by atoms with E-state index in [4.69, 9.17) is 4.74 Å². The van der Waals surface area contributed by atoms with Gasteiger partial charge in [-0.25, -0.2) is 0 Å². The van der Waals surface area contributed by atoms with Crippen molar-refractivity contribution in [3.63, 3.8) is 0 Å². The highest BCUT2D eigenvalue weighted by Crippen LogP contribution is 2.13. The van der Waals surface area contributed by atoms with Gasteiger partial charge in [0.1, 0.15) is 5.75 Å². The summed E-state index contributed by atoms with van der Waals surface area (Å²) in [5.41, 5.74) is 1.30. The summed E-state index contributed by atoms with van der Waals surface area (Å²) in [6.07, 6.45) is 4.20. The molecule has 0 amide bonds. The van der Waals surface area contributed by atoms with Crippen LogP contribution < -0.4 is 15.4 Å². The van der Waals surface area contributed by atoms with Crippen molar-refractivity contribution in [1.29, 1.82) is 0 Å². The third kappa shape index (κ3) is 6.70. The molecule has 0 spiro atoms. The molecule has 1 aromatic carbocycles.